The first-order valence-electron chi connectivity index (χ1n) is 5.59. The van der Waals surface area contributed by atoms with E-state index in [4.69, 9.17) is 0 Å². The zero-order valence-corrected chi connectivity index (χ0v) is 10.6. The molecule has 0 spiro atoms. The van der Waals surface area contributed by atoms with Crippen LogP contribution in [0.3, 0.4) is 0 Å². The molecule has 18 heavy (non-hydrogen) atoms. The van der Waals surface area contributed by atoms with Crippen molar-refractivity contribution in [3.63, 3.8) is 0 Å². The maximum Gasteiger partial charge on any atom is 0.325 e. The zero-order chi connectivity index (χ0) is 13.7. The highest BCUT2D eigenvalue weighted by molar-refractivity contribution is 5.96. The summed E-state index contributed by atoms with van der Waals surface area (Å²) in [4.78, 5) is 24.6. The number of nitrogens with zero attached hydrogens (tertiary/aromatic N) is 1. The first-order chi connectivity index (χ1) is 8.47. The van der Waals surface area contributed by atoms with Crippen molar-refractivity contribution in [3.8, 4) is 0 Å². The molecule has 0 bridgehead atoms. The summed E-state index contributed by atoms with van der Waals surface area (Å²) in [6.45, 7) is 3.31. The summed E-state index contributed by atoms with van der Waals surface area (Å²) in [7, 11) is 1.24. The number of hydrogen-bond donors (Lipinski definition) is 0. The lowest BCUT2D eigenvalue weighted by molar-refractivity contribution is -0.141. The number of benzene rings is 1. The van der Waals surface area contributed by atoms with Crippen LogP contribution in [-0.2, 0) is 9.53 Å². The minimum absolute atomic E-state index is 0.0462. The monoisotopic (exact) mass is 253 g/mol. The lowest BCUT2D eigenvalue weighted by atomic mass is 10.1. The van der Waals surface area contributed by atoms with Gasteiger partial charge in [-0.1, -0.05) is 12.1 Å². The lowest BCUT2D eigenvalue weighted by Gasteiger charge is -2.25. The maximum absolute atomic E-state index is 13.5. The fraction of sp³-hybridized carbons (Fsp3) is 0.385. The summed E-state index contributed by atoms with van der Waals surface area (Å²) >= 11 is 0. The van der Waals surface area contributed by atoms with Crippen molar-refractivity contribution in [1.29, 1.82) is 0 Å². The third-order valence-electron chi connectivity index (χ3n) is 2.52. The van der Waals surface area contributed by atoms with Crippen LogP contribution in [0.25, 0.3) is 0 Å². The molecule has 1 amide bonds. The topological polar surface area (TPSA) is 46.6 Å². The third kappa shape index (κ3) is 3.29. The number of carbonyl (C=O) groups excluding carboxylic acids is 2. The summed E-state index contributed by atoms with van der Waals surface area (Å²) in [5, 5.41) is 0. The van der Waals surface area contributed by atoms with Gasteiger partial charge >= 0.3 is 5.97 Å². The normalized spacial score (nSPS) is 10.3. The Bertz CT molecular complexity index is 446. The second-order valence-electron chi connectivity index (χ2n) is 4.08. The standard InChI is InChI=1S/C13H16FNO3/c1-9(2)15(8-12(16)18-3)13(17)10-6-4-5-7-11(10)14/h4-7,9H,8H2,1-3H3. The lowest BCUT2D eigenvalue weighted by Crippen LogP contribution is -2.41. The Balaban J connectivity index is 2.97. The molecule has 0 fully saturated rings. The average molecular weight is 253 g/mol. The van der Waals surface area contributed by atoms with Gasteiger partial charge in [-0.3, -0.25) is 9.59 Å². The SMILES string of the molecule is COC(=O)CN(C(=O)c1ccccc1F)C(C)C. The Labute approximate surface area is 105 Å². The number of methoxy groups -OCH3 is 1. The molecule has 0 radical (unpaired) electrons. The van der Waals surface area contributed by atoms with E-state index in [9.17, 15) is 14.0 Å². The second kappa shape index (κ2) is 6.14. The molecular formula is C13H16FNO3. The fourth-order valence-corrected chi connectivity index (χ4v) is 1.48. The Kier molecular flexibility index (Phi) is 4.83. The molecule has 4 nitrogen and oxygen atoms in total. The minimum Gasteiger partial charge on any atom is -0.468 e. The van der Waals surface area contributed by atoms with Crippen LogP contribution in [0, 0.1) is 5.82 Å². The van der Waals surface area contributed by atoms with Crippen LogP contribution in [-0.4, -0.2) is 36.5 Å². The van der Waals surface area contributed by atoms with Gasteiger partial charge in [-0.15, -0.1) is 0 Å². The highest BCUT2D eigenvalue weighted by Gasteiger charge is 2.23. The number of rotatable bonds is 4. The van der Waals surface area contributed by atoms with Crippen molar-refractivity contribution in [2.75, 3.05) is 13.7 Å². The van der Waals surface area contributed by atoms with Crippen molar-refractivity contribution in [2.45, 2.75) is 19.9 Å². The molecule has 0 heterocycles. The summed E-state index contributed by atoms with van der Waals surface area (Å²) in [5.41, 5.74) is -0.0462. The zero-order valence-electron chi connectivity index (χ0n) is 10.6. The number of esters is 1. The molecule has 1 aromatic carbocycles. The van der Waals surface area contributed by atoms with Crippen molar-refractivity contribution in [2.24, 2.45) is 0 Å². The predicted molar refractivity (Wildman–Crippen MR) is 64.6 cm³/mol. The van der Waals surface area contributed by atoms with Gasteiger partial charge in [-0.2, -0.15) is 0 Å². The van der Waals surface area contributed by atoms with Gasteiger partial charge in [0.2, 0.25) is 0 Å². The van der Waals surface area contributed by atoms with Crippen molar-refractivity contribution in [3.05, 3.63) is 35.6 Å². The first-order valence-corrected chi connectivity index (χ1v) is 5.59. The van der Waals surface area contributed by atoms with Crippen LogP contribution in [0.15, 0.2) is 24.3 Å². The summed E-state index contributed by atoms with van der Waals surface area (Å²) < 4.78 is 18.0. The van der Waals surface area contributed by atoms with Crippen LogP contribution in [0.1, 0.15) is 24.2 Å². The molecule has 5 heteroatoms. The van der Waals surface area contributed by atoms with E-state index in [1.807, 2.05) is 0 Å². The molecule has 0 unspecified atom stereocenters. The van der Waals surface area contributed by atoms with Gasteiger partial charge in [0.05, 0.1) is 12.7 Å². The summed E-state index contributed by atoms with van der Waals surface area (Å²) in [6, 6.07) is 5.46. The molecule has 0 aliphatic carbocycles. The van der Waals surface area contributed by atoms with E-state index in [1.165, 1.54) is 30.2 Å². The number of carbonyl (C=O) groups is 2. The van der Waals surface area contributed by atoms with Gasteiger partial charge in [0.25, 0.3) is 5.91 Å². The fourth-order valence-electron chi connectivity index (χ4n) is 1.48. The number of ether oxygens (including phenoxy) is 1. The second-order valence-corrected chi connectivity index (χ2v) is 4.08. The van der Waals surface area contributed by atoms with E-state index in [0.717, 1.165) is 0 Å². The molecule has 0 aliphatic rings. The van der Waals surface area contributed by atoms with Gasteiger partial charge in [-0.05, 0) is 26.0 Å². The molecule has 0 saturated heterocycles. The molecule has 0 atom stereocenters. The van der Waals surface area contributed by atoms with E-state index in [0.29, 0.717) is 0 Å². The Morgan fingerprint density at radius 1 is 1.33 bits per heavy atom. The molecule has 98 valence electrons. The van der Waals surface area contributed by atoms with Gasteiger partial charge in [0.15, 0.2) is 0 Å². The van der Waals surface area contributed by atoms with Crippen LogP contribution in [0.5, 0.6) is 0 Å². The van der Waals surface area contributed by atoms with Crippen LogP contribution in [0.4, 0.5) is 4.39 Å². The smallest absolute Gasteiger partial charge is 0.325 e. The maximum atomic E-state index is 13.5. The molecule has 0 N–H and O–H groups in total. The van der Waals surface area contributed by atoms with Crippen molar-refractivity contribution >= 4 is 11.9 Å². The predicted octanol–water partition coefficient (Wildman–Crippen LogP) is 1.85. The number of halogens is 1. The molecule has 0 aromatic heterocycles. The Morgan fingerprint density at radius 3 is 2.44 bits per heavy atom. The largest absolute Gasteiger partial charge is 0.468 e. The first kappa shape index (κ1) is 14.2. The van der Waals surface area contributed by atoms with Crippen LogP contribution in [0.2, 0.25) is 0 Å². The summed E-state index contributed by atoms with van der Waals surface area (Å²) in [6.07, 6.45) is 0. The van der Waals surface area contributed by atoms with E-state index >= 15 is 0 Å². The highest BCUT2D eigenvalue weighted by Crippen LogP contribution is 2.12. The van der Waals surface area contributed by atoms with E-state index < -0.39 is 17.7 Å². The minimum atomic E-state index is -0.599. The Morgan fingerprint density at radius 2 is 1.94 bits per heavy atom. The molecule has 0 aliphatic heterocycles. The van der Waals surface area contributed by atoms with Crippen LogP contribution < -0.4 is 0 Å². The van der Waals surface area contributed by atoms with E-state index in [1.54, 1.807) is 19.9 Å². The van der Waals surface area contributed by atoms with Gasteiger partial charge in [0.1, 0.15) is 12.4 Å². The van der Waals surface area contributed by atoms with Gasteiger partial charge in [-0.25, -0.2) is 4.39 Å². The van der Waals surface area contributed by atoms with Crippen molar-refractivity contribution in [1.82, 2.24) is 4.90 Å². The van der Waals surface area contributed by atoms with E-state index in [-0.39, 0.29) is 18.2 Å². The highest BCUT2D eigenvalue weighted by atomic mass is 19.1. The third-order valence-corrected chi connectivity index (χ3v) is 2.52. The van der Waals surface area contributed by atoms with Crippen LogP contribution >= 0.6 is 0 Å². The Hall–Kier alpha value is -1.91. The van der Waals surface area contributed by atoms with Gasteiger partial charge < -0.3 is 9.64 Å². The molecular weight excluding hydrogens is 237 g/mol. The summed E-state index contributed by atoms with van der Waals surface area (Å²) in [5.74, 6) is -1.65. The van der Waals surface area contributed by atoms with Crippen molar-refractivity contribution < 1.29 is 18.7 Å². The molecule has 1 rings (SSSR count). The molecule has 1 aromatic rings. The number of hydrogen-bond acceptors (Lipinski definition) is 3. The number of amides is 1. The van der Waals surface area contributed by atoms with E-state index in [2.05, 4.69) is 4.74 Å². The molecule has 0 saturated carbocycles. The average Bonchev–Trinajstić information content (AvgIpc) is 2.35. The van der Waals surface area contributed by atoms with Gasteiger partial charge in [0, 0.05) is 6.04 Å². The quantitative estimate of drug-likeness (QED) is 0.769.